The molecule has 2 saturated heterocycles. The predicted molar refractivity (Wildman–Crippen MR) is 119 cm³/mol. The molecule has 3 aliphatic heterocycles. The van der Waals surface area contributed by atoms with Gasteiger partial charge in [-0.15, -0.1) is 0 Å². The molecular formula is C24H33N3O4. The Morgan fingerprint density at radius 2 is 1.84 bits per heavy atom. The van der Waals surface area contributed by atoms with Crippen LogP contribution in [0.3, 0.4) is 0 Å². The molecule has 0 aliphatic carbocycles. The molecule has 7 heteroatoms. The van der Waals surface area contributed by atoms with Crippen LogP contribution in [0.1, 0.15) is 30.8 Å². The van der Waals surface area contributed by atoms with Crippen molar-refractivity contribution >= 4 is 5.69 Å². The van der Waals surface area contributed by atoms with Gasteiger partial charge in [0.25, 0.3) is 0 Å². The van der Waals surface area contributed by atoms with Crippen molar-refractivity contribution in [1.82, 2.24) is 9.80 Å². The molecular weight excluding hydrogens is 394 g/mol. The van der Waals surface area contributed by atoms with E-state index in [1.807, 2.05) is 19.1 Å². The van der Waals surface area contributed by atoms with Crippen molar-refractivity contribution in [2.45, 2.75) is 44.8 Å². The molecule has 31 heavy (non-hydrogen) atoms. The number of aryl methyl sites for hydroxylation is 1. The molecule has 3 aliphatic rings. The minimum atomic E-state index is 0.231. The number of fused-ring (bicyclic) bond motifs is 1. The molecule has 1 aromatic heterocycles. The van der Waals surface area contributed by atoms with Gasteiger partial charge < -0.3 is 23.9 Å². The average Bonchev–Trinajstić information content (AvgIpc) is 3.43. The molecule has 0 amide bonds. The molecule has 4 heterocycles. The quantitative estimate of drug-likeness (QED) is 0.761. The summed E-state index contributed by atoms with van der Waals surface area (Å²) in [4.78, 5) is 7.59. The van der Waals surface area contributed by atoms with Crippen molar-refractivity contribution in [3.05, 3.63) is 41.9 Å². The zero-order valence-electron chi connectivity index (χ0n) is 18.3. The van der Waals surface area contributed by atoms with Gasteiger partial charge in [-0.3, -0.25) is 9.80 Å². The molecule has 0 unspecified atom stereocenters. The molecule has 2 aromatic rings. The lowest BCUT2D eigenvalue weighted by Crippen LogP contribution is -2.57. The Kier molecular flexibility index (Phi) is 6.07. The average molecular weight is 428 g/mol. The first-order valence-corrected chi connectivity index (χ1v) is 11.5. The lowest BCUT2D eigenvalue weighted by molar-refractivity contribution is 0.0220. The normalized spacial score (nSPS) is 22.9. The Labute approximate surface area is 184 Å². The Morgan fingerprint density at radius 1 is 1.00 bits per heavy atom. The number of ether oxygens (including phenoxy) is 2. The highest BCUT2D eigenvalue weighted by molar-refractivity contribution is 5.57. The van der Waals surface area contributed by atoms with Crippen LogP contribution in [0.2, 0.25) is 0 Å². The van der Waals surface area contributed by atoms with Crippen molar-refractivity contribution in [3.63, 3.8) is 0 Å². The standard InChI is InChI=1S/C24H33N3O4/c1-18-2-4-22(31-18)16-27-12-11-26(15-21(27)8-13-28)19-6-9-25(10-7-19)20-3-5-23-24(14-20)30-17-29-23/h2-5,14,19,21,28H,6-13,15-17H2,1H3/t21-/m1/s1. The van der Waals surface area contributed by atoms with Gasteiger partial charge in [0.1, 0.15) is 11.5 Å². The van der Waals surface area contributed by atoms with Gasteiger partial charge in [-0.25, -0.2) is 0 Å². The minimum absolute atomic E-state index is 0.231. The fourth-order valence-corrected chi connectivity index (χ4v) is 5.22. The second kappa shape index (κ2) is 9.10. The summed E-state index contributed by atoms with van der Waals surface area (Å²) in [6, 6.07) is 11.3. The van der Waals surface area contributed by atoms with Crippen LogP contribution in [0.25, 0.3) is 0 Å². The molecule has 2 fully saturated rings. The number of aliphatic hydroxyl groups excluding tert-OH is 1. The monoisotopic (exact) mass is 427 g/mol. The van der Waals surface area contributed by atoms with Crippen LogP contribution in [0.15, 0.2) is 34.7 Å². The van der Waals surface area contributed by atoms with Crippen LogP contribution in [-0.4, -0.2) is 73.1 Å². The highest BCUT2D eigenvalue weighted by atomic mass is 16.7. The van der Waals surface area contributed by atoms with Crippen LogP contribution in [0.5, 0.6) is 11.5 Å². The molecule has 1 aromatic carbocycles. The van der Waals surface area contributed by atoms with E-state index >= 15 is 0 Å². The first-order valence-electron chi connectivity index (χ1n) is 11.5. The van der Waals surface area contributed by atoms with E-state index in [2.05, 4.69) is 32.9 Å². The second-order valence-electron chi connectivity index (χ2n) is 8.90. The number of benzene rings is 1. The summed E-state index contributed by atoms with van der Waals surface area (Å²) < 4.78 is 16.8. The second-order valence-corrected chi connectivity index (χ2v) is 8.90. The number of piperidine rings is 1. The third-order valence-electron chi connectivity index (χ3n) is 6.96. The Bertz CT molecular complexity index is 877. The highest BCUT2D eigenvalue weighted by Crippen LogP contribution is 2.36. The fourth-order valence-electron chi connectivity index (χ4n) is 5.22. The number of anilines is 1. The Balaban J connectivity index is 1.17. The van der Waals surface area contributed by atoms with E-state index in [1.54, 1.807) is 0 Å². The van der Waals surface area contributed by atoms with Crippen molar-refractivity contribution in [2.75, 3.05) is 51.0 Å². The minimum Gasteiger partial charge on any atom is -0.465 e. The van der Waals surface area contributed by atoms with Gasteiger partial charge in [0, 0.05) is 63.2 Å². The van der Waals surface area contributed by atoms with E-state index in [9.17, 15) is 5.11 Å². The van der Waals surface area contributed by atoms with Gasteiger partial charge in [0.05, 0.1) is 6.54 Å². The molecule has 0 bridgehead atoms. The third-order valence-corrected chi connectivity index (χ3v) is 6.96. The first-order chi connectivity index (χ1) is 15.2. The van der Waals surface area contributed by atoms with E-state index in [0.717, 1.165) is 81.6 Å². The van der Waals surface area contributed by atoms with Gasteiger partial charge in [-0.2, -0.15) is 0 Å². The summed E-state index contributed by atoms with van der Waals surface area (Å²) in [6.45, 7) is 8.60. The summed E-state index contributed by atoms with van der Waals surface area (Å²) in [7, 11) is 0. The molecule has 5 rings (SSSR count). The van der Waals surface area contributed by atoms with Crippen LogP contribution < -0.4 is 14.4 Å². The molecule has 1 atom stereocenters. The van der Waals surface area contributed by atoms with Crippen LogP contribution in [-0.2, 0) is 6.54 Å². The molecule has 0 radical (unpaired) electrons. The van der Waals surface area contributed by atoms with Crippen molar-refractivity contribution in [2.24, 2.45) is 0 Å². The summed E-state index contributed by atoms with van der Waals surface area (Å²) in [5.74, 6) is 3.68. The zero-order chi connectivity index (χ0) is 21.2. The van der Waals surface area contributed by atoms with Crippen LogP contribution >= 0.6 is 0 Å². The molecule has 0 saturated carbocycles. The SMILES string of the molecule is Cc1ccc(CN2CCN(C3CCN(c4ccc5c(c4)OCO5)CC3)C[C@H]2CCO)o1. The van der Waals surface area contributed by atoms with Crippen molar-refractivity contribution < 1.29 is 19.0 Å². The number of rotatable bonds is 6. The largest absolute Gasteiger partial charge is 0.465 e. The highest BCUT2D eigenvalue weighted by Gasteiger charge is 2.33. The van der Waals surface area contributed by atoms with Crippen molar-refractivity contribution in [1.29, 1.82) is 0 Å². The van der Waals surface area contributed by atoms with Crippen molar-refractivity contribution in [3.8, 4) is 11.5 Å². The lowest BCUT2D eigenvalue weighted by atomic mass is 9.99. The van der Waals surface area contributed by atoms with Gasteiger partial charge in [-0.05, 0) is 50.5 Å². The smallest absolute Gasteiger partial charge is 0.231 e. The molecule has 7 nitrogen and oxygen atoms in total. The number of hydrogen-bond donors (Lipinski definition) is 1. The summed E-state index contributed by atoms with van der Waals surface area (Å²) >= 11 is 0. The predicted octanol–water partition coefficient (Wildman–Crippen LogP) is 2.85. The van der Waals surface area contributed by atoms with Gasteiger partial charge in [-0.1, -0.05) is 0 Å². The topological polar surface area (TPSA) is 61.6 Å². The van der Waals surface area contributed by atoms with E-state index in [-0.39, 0.29) is 6.61 Å². The van der Waals surface area contributed by atoms with E-state index in [1.165, 1.54) is 5.69 Å². The van der Waals surface area contributed by atoms with Crippen LogP contribution in [0.4, 0.5) is 5.69 Å². The first kappa shape index (κ1) is 20.7. The number of hydrogen-bond acceptors (Lipinski definition) is 7. The van der Waals surface area contributed by atoms with Gasteiger partial charge >= 0.3 is 0 Å². The summed E-state index contributed by atoms with van der Waals surface area (Å²) in [5.41, 5.74) is 1.22. The lowest BCUT2D eigenvalue weighted by Gasteiger charge is -2.46. The zero-order valence-corrected chi connectivity index (χ0v) is 18.3. The Hall–Kier alpha value is -2.22. The third kappa shape index (κ3) is 4.54. The van der Waals surface area contributed by atoms with E-state index in [4.69, 9.17) is 13.9 Å². The van der Waals surface area contributed by atoms with Gasteiger partial charge in [0.15, 0.2) is 11.5 Å². The Morgan fingerprint density at radius 3 is 2.61 bits per heavy atom. The summed E-state index contributed by atoms with van der Waals surface area (Å²) in [6.07, 6.45) is 3.14. The maximum absolute atomic E-state index is 9.64. The molecule has 1 N–H and O–H groups in total. The number of nitrogens with zero attached hydrogens (tertiary/aromatic N) is 3. The molecule has 168 valence electrons. The summed E-state index contributed by atoms with van der Waals surface area (Å²) in [5, 5.41) is 9.64. The number of furan rings is 1. The van der Waals surface area contributed by atoms with E-state index < -0.39 is 0 Å². The van der Waals surface area contributed by atoms with Gasteiger partial charge in [0.2, 0.25) is 6.79 Å². The van der Waals surface area contributed by atoms with Crippen LogP contribution in [0, 0.1) is 6.92 Å². The number of aliphatic hydroxyl groups is 1. The number of piperazine rings is 1. The molecule has 0 spiro atoms. The fraction of sp³-hybridized carbons (Fsp3) is 0.583. The maximum atomic E-state index is 9.64. The maximum Gasteiger partial charge on any atom is 0.231 e. The van der Waals surface area contributed by atoms with E-state index in [0.29, 0.717) is 18.9 Å².